The summed E-state index contributed by atoms with van der Waals surface area (Å²) < 4.78 is 5.82. The van der Waals surface area contributed by atoms with E-state index in [4.69, 9.17) is 4.74 Å². The van der Waals surface area contributed by atoms with E-state index in [2.05, 4.69) is 25.7 Å². The third kappa shape index (κ3) is 3.99. The van der Waals surface area contributed by atoms with Crippen LogP contribution in [0, 0.1) is 21.4 Å². The molecule has 0 bridgehead atoms. The molecule has 1 atom stereocenters. The van der Waals surface area contributed by atoms with E-state index < -0.39 is 4.92 Å². The summed E-state index contributed by atoms with van der Waals surface area (Å²) in [5.74, 6) is 0.293. The summed E-state index contributed by atoms with van der Waals surface area (Å²) in [6, 6.07) is 6.65. The normalized spacial score (nSPS) is 19.1. The molecule has 0 aromatic heterocycles. The Bertz CT molecular complexity index is 616. The molecule has 1 aromatic rings. The van der Waals surface area contributed by atoms with Crippen LogP contribution in [0.15, 0.2) is 18.2 Å². The maximum absolute atomic E-state index is 11.0. The highest BCUT2D eigenvalue weighted by Crippen LogP contribution is 2.30. The second-order valence-electron chi connectivity index (χ2n) is 6.84. The topological polar surface area (TPSA) is 79.4 Å². The van der Waals surface area contributed by atoms with Gasteiger partial charge < -0.3 is 4.74 Å². The van der Waals surface area contributed by atoms with Gasteiger partial charge in [-0.2, -0.15) is 5.26 Å². The first-order chi connectivity index (χ1) is 10.8. The van der Waals surface area contributed by atoms with Crippen molar-refractivity contribution in [3.63, 3.8) is 0 Å². The van der Waals surface area contributed by atoms with Crippen molar-refractivity contribution in [3.8, 4) is 11.8 Å². The second-order valence-corrected chi connectivity index (χ2v) is 6.84. The van der Waals surface area contributed by atoms with Crippen LogP contribution in [0.3, 0.4) is 0 Å². The van der Waals surface area contributed by atoms with Crippen LogP contribution in [0.5, 0.6) is 5.75 Å². The Morgan fingerprint density at radius 1 is 1.43 bits per heavy atom. The zero-order valence-corrected chi connectivity index (χ0v) is 13.9. The van der Waals surface area contributed by atoms with Crippen LogP contribution in [0.25, 0.3) is 0 Å². The predicted octanol–water partition coefficient (Wildman–Crippen LogP) is 3.50. The van der Waals surface area contributed by atoms with Gasteiger partial charge in [0.1, 0.15) is 18.4 Å². The van der Waals surface area contributed by atoms with Gasteiger partial charge in [0.05, 0.1) is 4.92 Å². The fourth-order valence-electron chi connectivity index (χ4n) is 3.15. The van der Waals surface area contributed by atoms with Crippen LogP contribution in [0.1, 0.15) is 45.6 Å². The molecule has 6 nitrogen and oxygen atoms in total. The minimum Gasteiger partial charge on any atom is -0.490 e. The maximum Gasteiger partial charge on any atom is 0.290 e. The number of benzene rings is 1. The molecule has 0 saturated carbocycles. The largest absolute Gasteiger partial charge is 0.490 e. The van der Waals surface area contributed by atoms with Crippen molar-refractivity contribution in [1.82, 2.24) is 4.90 Å². The van der Waals surface area contributed by atoms with Gasteiger partial charge in [-0.3, -0.25) is 15.0 Å². The molecule has 0 spiro atoms. The van der Waals surface area contributed by atoms with Gasteiger partial charge in [0.2, 0.25) is 0 Å². The fourth-order valence-corrected chi connectivity index (χ4v) is 3.15. The highest BCUT2D eigenvalue weighted by Gasteiger charge is 2.31. The highest BCUT2D eigenvalue weighted by molar-refractivity contribution is 5.56. The second kappa shape index (κ2) is 6.97. The molecular formula is C17H23N3O3. The van der Waals surface area contributed by atoms with Gasteiger partial charge in [0, 0.05) is 17.6 Å². The lowest BCUT2D eigenvalue weighted by molar-refractivity contribution is -0.385. The minimum absolute atomic E-state index is 0.00406. The summed E-state index contributed by atoms with van der Waals surface area (Å²) in [5.41, 5.74) is -0.160. The molecule has 1 aliphatic heterocycles. The Morgan fingerprint density at radius 2 is 2.17 bits per heavy atom. The minimum atomic E-state index is -0.548. The third-order valence-corrected chi connectivity index (χ3v) is 4.23. The lowest BCUT2D eigenvalue weighted by Gasteiger charge is -2.44. The average molecular weight is 317 g/mol. The van der Waals surface area contributed by atoms with Gasteiger partial charge in [-0.05, 0) is 46.2 Å². The molecule has 2 rings (SSSR count). The summed E-state index contributed by atoms with van der Waals surface area (Å²) in [4.78, 5) is 12.9. The number of nitriles is 1. The number of rotatable bonds is 4. The smallest absolute Gasteiger partial charge is 0.290 e. The molecule has 1 heterocycles. The maximum atomic E-state index is 11.0. The predicted molar refractivity (Wildman–Crippen MR) is 87.4 cm³/mol. The van der Waals surface area contributed by atoms with Crippen LogP contribution < -0.4 is 4.74 Å². The van der Waals surface area contributed by atoms with Crippen molar-refractivity contribution in [1.29, 1.82) is 5.26 Å². The Hall–Kier alpha value is -2.13. The van der Waals surface area contributed by atoms with Crippen molar-refractivity contribution < 1.29 is 9.66 Å². The van der Waals surface area contributed by atoms with Gasteiger partial charge in [-0.25, -0.2) is 0 Å². The fraction of sp³-hybridized carbons (Fsp3) is 0.588. The van der Waals surface area contributed by atoms with Gasteiger partial charge >= 0.3 is 0 Å². The molecule has 0 N–H and O–H groups in total. The number of likely N-dealkylation sites (tertiary alicyclic amines) is 1. The highest BCUT2D eigenvalue weighted by atomic mass is 16.6. The summed E-state index contributed by atoms with van der Waals surface area (Å²) in [6.07, 6.45) is 3.36. The van der Waals surface area contributed by atoms with Crippen molar-refractivity contribution in [3.05, 3.63) is 33.9 Å². The van der Waals surface area contributed by atoms with Crippen molar-refractivity contribution in [2.45, 2.75) is 51.6 Å². The number of hydrogen-bond donors (Lipinski definition) is 0. The zero-order chi connectivity index (χ0) is 17.0. The number of nitro benzene ring substituents is 1. The van der Waals surface area contributed by atoms with E-state index >= 15 is 0 Å². The van der Waals surface area contributed by atoms with Gasteiger partial charge in [-0.15, -0.1) is 0 Å². The molecule has 1 aromatic carbocycles. The van der Waals surface area contributed by atoms with E-state index in [9.17, 15) is 15.4 Å². The molecular weight excluding hydrogens is 294 g/mol. The summed E-state index contributed by atoms with van der Waals surface area (Å²) >= 11 is 0. The molecule has 0 unspecified atom stereocenters. The Morgan fingerprint density at radius 3 is 2.78 bits per heavy atom. The van der Waals surface area contributed by atoms with E-state index in [1.54, 1.807) is 12.1 Å². The number of piperidine rings is 1. The monoisotopic (exact) mass is 317 g/mol. The van der Waals surface area contributed by atoms with Gasteiger partial charge in [0.15, 0.2) is 5.56 Å². The first-order valence-corrected chi connectivity index (χ1v) is 7.91. The number of hydrogen-bond acceptors (Lipinski definition) is 5. The zero-order valence-electron chi connectivity index (χ0n) is 13.9. The standard InChI is InChI=1S/C17H23N3O3/c1-17(2,3)19-10-5-4-7-13(19)12-23-16-9-6-8-15(20(21)22)14(16)11-18/h6,8-9,13H,4-5,7,10,12H2,1-3H3/t13-/m0/s1. The molecule has 124 valence electrons. The van der Waals surface area contributed by atoms with Crippen LogP contribution in [0.4, 0.5) is 5.69 Å². The number of ether oxygens (including phenoxy) is 1. The lowest BCUT2D eigenvalue weighted by Crippen LogP contribution is -2.52. The number of nitrogens with zero attached hydrogens (tertiary/aromatic N) is 3. The average Bonchev–Trinajstić information content (AvgIpc) is 2.51. The quantitative estimate of drug-likeness (QED) is 0.627. The first kappa shape index (κ1) is 17.2. The summed E-state index contributed by atoms with van der Waals surface area (Å²) in [5, 5.41) is 20.2. The Labute approximate surface area is 136 Å². The summed E-state index contributed by atoms with van der Waals surface area (Å²) in [7, 11) is 0. The molecule has 23 heavy (non-hydrogen) atoms. The first-order valence-electron chi connectivity index (χ1n) is 7.91. The van der Waals surface area contributed by atoms with Crippen molar-refractivity contribution in [2.75, 3.05) is 13.2 Å². The van der Waals surface area contributed by atoms with Crippen molar-refractivity contribution >= 4 is 5.69 Å². The van der Waals surface area contributed by atoms with E-state index in [1.165, 1.54) is 12.5 Å². The molecule has 6 heteroatoms. The van der Waals surface area contributed by atoms with Gasteiger partial charge in [-0.1, -0.05) is 12.5 Å². The summed E-state index contributed by atoms with van der Waals surface area (Å²) in [6.45, 7) is 8.00. The Balaban J connectivity index is 2.16. The molecule has 0 aliphatic carbocycles. The lowest BCUT2D eigenvalue weighted by atomic mass is 9.95. The molecule has 0 amide bonds. The molecule has 1 aliphatic rings. The van der Waals surface area contributed by atoms with Gasteiger partial charge in [0.25, 0.3) is 5.69 Å². The van der Waals surface area contributed by atoms with E-state index in [0.717, 1.165) is 19.4 Å². The Kier molecular flexibility index (Phi) is 5.22. The van der Waals surface area contributed by atoms with E-state index in [1.807, 2.05) is 6.07 Å². The van der Waals surface area contributed by atoms with E-state index in [-0.39, 0.29) is 22.8 Å². The van der Waals surface area contributed by atoms with Crippen LogP contribution in [-0.2, 0) is 0 Å². The van der Waals surface area contributed by atoms with Crippen LogP contribution in [-0.4, -0.2) is 34.6 Å². The molecule has 1 saturated heterocycles. The molecule has 1 fully saturated rings. The van der Waals surface area contributed by atoms with Crippen LogP contribution in [0.2, 0.25) is 0 Å². The SMILES string of the molecule is CC(C)(C)N1CCCC[C@H]1COc1cccc([N+](=O)[O-])c1C#N. The van der Waals surface area contributed by atoms with E-state index in [0.29, 0.717) is 12.4 Å². The number of nitro groups is 1. The molecule has 0 radical (unpaired) electrons. The third-order valence-electron chi connectivity index (χ3n) is 4.23. The van der Waals surface area contributed by atoms with Crippen molar-refractivity contribution in [2.24, 2.45) is 0 Å². The van der Waals surface area contributed by atoms with Crippen LogP contribution >= 0.6 is 0 Å².